The zero-order valence-electron chi connectivity index (χ0n) is 22.1. The molecule has 0 aliphatic heterocycles. The second-order valence-corrected chi connectivity index (χ2v) is 10.6. The third-order valence-corrected chi connectivity index (χ3v) is 6.92. The van der Waals surface area contributed by atoms with E-state index in [1.54, 1.807) is 4.90 Å². The molecular weight excluding hydrogens is 528 g/mol. The van der Waals surface area contributed by atoms with Crippen LogP contribution in [0.4, 0.5) is 0 Å². The highest BCUT2D eigenvalue weighted by molar-refractivity contribution is 9.10. The first kappa shape index (κ1) is 28.5. The molecule has 5 nitrogen and oxygen atoms in total. The number of hydrogen-bond donors (Lipinski definition) is 1. The maximum Gasteiger partial charge on any atom is 0.261 e. The number of carbonyl (C=O) groups excluding carboxylic acids is 2. The van der Waals surface area contributed by atoms with E-state index in [2.05, 4.69) is 35.1 Å². The molecule has 0 aliphatic carbocycles. The molecule has 2 unspecified atom stereocenters. The minimum atomic E-state index is -0.685. The van der Waals surface area contributed by atoms with Gasteiger partial charge in [0, 0.05) is 23.5 Å². The topological polar surface area (TPSA) is 58.6 Å². The number of halogens is 1. The molecule has 0 heterocycles. The molecule has 6 heteroatoms. The quantitative estimate of drug-likeness (QED) is 0.273. The van der Waals surface area contributed by atoms with Gasteiger partial charge in [0.05, 0.1) is 0 Å². The summed E-state index contributed by atoms with van der Waals surface area (Å²) in [6.45, 7) is 8.41. The summed E-state index contributed by atoms with van der Waals surface area (Å²) in [7, 11) is 0. The summed E-state index contributed by atoms with van der Waals surface area (Å²) in [5.41, 5.74) is 3.13. The van der Waals surface area contributed by atoms with Crippen LogP contribution in [0.25, 0.3) is 0 Å². The van der Waals surface area contributed by atoms with Gasteiger partial charge in [0.2, 0.25) is 5.91 Å². The van der Waals surface area contributed by atoms with Crippen molar-refractivity contribution < 1.29 is 14.3 Å². The van der Waals surface area contributed by atoms with E-state index < -0.39 is 6.04 Å². The summed E-state index contributed by atoms with van der Waals surface area (Å²) in [6.07, 6.45) is 1.21. The largest absolute Gasteiger partial charge is 0.484 e. The summed E-state index contributed by atoms with van der Waals surface area (Å²) < 4.78 is 6.81. The van der Waals surface area contributed by atoms with Crippen LogP contribution in [0.15, 0.2) is 83.3 Å². The van der Waals surface area contributed by atoms with Crippen LogP contribution in [-0.2, 0) is 22.6 Å². The van der Waals surface area contributed by atoms with Crippen LogP contribution in [0.3, 0.4) is 0 Å². The fraction of sp³-hybridized carbons (Fsp3) is 0.355. The molecule has 3 rings (SSSR count). The van der Waals surface area contributed by atoms with E-state index in [9.17, 15) is 9.59 Å². The Balaban J connectivity index is 1.89. The molecule has 37 heavy (non-hydrogen) atoms. The Morgan fingerprint density at radius 1 is 0.919 bits per heavy atom. The van der Waals surface area contributed by atoms with Gasteiger partial charge in [0.15, 0.2) is 6.61 Å². The van der Waals surface area contributed by atoms with Crippen LogP contribution in [-0.4, -0.2) is 35.4 Å². The average Bonchev–Trinajstić information content (AvgIpc) is 2.90. The van der Waals surface area contributed by atoms with Crippen molar-refractivity contribution in [3.8, 4) is 5.75 Å². The molecule has 0 bridgehead atoms. The first-order chi connectivity index (χ1) is 17.8. The molecule has 196 valence electrons. The van der Waals surface area contributed by atoms with Gasteiger partial charge in [-0.1, -0.05) is 91.3 Å². The SMILES string of the molecule is CCC(C)NC(=O)C(Cc1ccccc1)N(Cc1cccc(Br)c1)C(=O)COc1ccc(C(C)C)cc1. The maximum absolute atomic E-state index is 13.7. The van der Waals surface area contributed by atoms with Crippen LogP contribution >= 0.6 is 15.9 Å². The molecule has 2 amide bonds. The Labute approximate surface area is 229 Å². The van der Waals surface area contributed by atoms with Crippen molar-refractivity contribution in [2.75, 3.05) is 6.61 Å². The zero-order chi connectivity index (χ0) is 26.8. The van der Waals surface area contributed by atoms with E-state index in [1.165, 1.54) is 5.56 Å². The summed E-state index contributed by atoms with van der Waals surface area (Å²) in [5.74, 6) is 0.638. The summed E-state index contributed by atoms with van der Waals surface area (Å²) in [6, 6.07) is 24.7. The lowest BCUT2D eigenvalue weighted by Crippen LogP contribution is -2.53. The molecule has 3 aromatic rings. The van der Waals surface area contributed by atoms with Crippen molar-refractivity contribution >= 4 is 27.7 Å². The number of nitrogens with zero attached hydrogens (tertiary/aromatic N) is 1. The number of nitrogens with one attached hydrogen (secondary N) is 1. The van der Waals surface area contributed by atoms with E-state index in [4.69, 9.17) is 4.74 Å². The average molecular weight is 566 g/mol. The van der Waals surface area contributed by atoms with Gasteiger partial charge in [-0.15, -0.1) is 0 Å². The van der Waals surface area contributed by atoms with Gasteiger partial charge >= 0.3 is 0 Å². The van der Waals surface area contributed by atoms with Gasteiger partial charge in [0.25, 0.3) is 5.91 Å². The molecule has 0 saturated heterocycles. The fourth-order valence-electron chi connectivity index (χ4n) is 4.00. The first-order valence-corrected chi connectivity index (χ1v) is 13.7. The van der Waals surface area contributed by atoms with E-state index in [1.807, 2.05) is 92.7 Å². The lowest BCUT2D eigenvalue weighted by atomic mass is 10.0. The Kier molecular flexibility index (Phi) is 10.8. The molecular formula is C31H37BrN2O3. The van der Waals surface area contributed by atoms with E-state index in [-0.39, 0.29) is 24.5 Å². The Morgan fingerprint density at radius 2 is 1.59 bits per heavy atom. The van der Waals surface area contributed by atoms with Gasteiger partial charge in [-0.05, 0) is 60.2 Å². The van der Waals surface area contributed by atoms with Crippen molar-refractivity contribution in [3.63, 3.8) is 0 Å². The predicted molar refractivity (Wildman–Crippen MR) is 153 cm³/mol. The van der Waals surface area contributed by atoms with Gasteiger partial charge < -0.3 is 15.0 Å². The lowest BCUT2D eigenvalue weighted by molar-refractivity contribution is -0.143. The van der Waals surface area contributed by atoms with Crippen LogP contribution in [0.2, 0.25) is 0 Å². The number of amides is 2. The molecule has 0 aromatic heterocycles. The molecule has 0 spiro atoms. The number of hydrogen-bond acceptors (Lipinski definition) is 3. The molecule has 0 aliphatic rings. The van der Waals surface area contributed by atoms with Crippen LogP contribution in [0.1, 0.15) is 56.7 Å². The minimum absolute atomic E-state index is 0.00400. The molecule has 0 fully saturated rings. The second-order valence-electron chi connectivity index (χ2n) is 9.69. The van der Waals surface area contributed by atoms with Crippen LogP contribution < -0.4 is 10.1 Å². The summed E-state index contributed by atoms with van der Waals surface area (Å²) >= 11 is 3.52. The number of ether oxygens (including phenoxy) is 1. The van der Waals surface area contributed by atoms with Crippen LogP contribution in [0, 0.1) is 0 Å². The van der Waals surface area contributed by atoms with Crippen molar-refractivity contribution in [2.45, 2.75) is 65.1 Å². The van der Waals surface area contributed by atoms with Gasteiger partial charge in [-0.2, -0.15) is 0 Å². The van der Waals surface area contributed by atoms with Crippen LogP contribution in [0.5, 0.6) is 5.75 Å². The smallest absolute Gasteiger partial charge is 0.261 e. The number of benzene rings is 3. The molecule has 3 aromatic carbocycles. The standard InChI is InChI=1S/C31H37BrN2O3/c1-5-23(4)33-31(36)29(19-24-10-7-6-8-11-24)34(20-25-12-9-13-27(32)18-25)30(35)21-37-28-16-14-26(15-17-28)22(2)3/h6-18,22-23,29H,5,19-21H2,1-4H3,(H,33,36). The number of carbonyl (C=O) groups is 2. The Morgan fingerprint density at radius 3 is 2.22 bits per heavy atom. The van der Waals surface area contributed by atoms with E-state index >= 15 is 0 Å². The second kappa shape index (κ2) is 14.0. The highest BCUT2D eigenvalue weighted by atomic mass is 79.9. The van der Waals surface area contributed by atoms with Gasteiger partial charge in [-0.3, -0.25) is 9.59 Å². The van der Waals surface area contributed by atoms with Crippen molar-refractivity contribution in [3.05, 3.63) is 100 Å². The lowest BCUT2D eigenvalue weighted by Gasteiger charge is -2.32. The fourth-order valence-corrected chi connectivity index (χ4v) is 4.45. The number of rotatable bonds is 12. The highest BCUT2D eigenvalue weighted by Gasteiger charge is 2.31. The summed E-state index contributed by atoms with van der Waals surface area (Å²) in [5, 5.41) is 3.09. The van der Waals surface area contributed by atoms with E-state index in [0.29, 0.717) is 24.6 Å². The summed E-state index contributed by atoms with van der Waals surface area (Å²) in [4.78, 5) is 28.9. The third-order valence-electron chi connectivity index (χ3n) is 6.42. The minimum Gasteiger partial charge on any atom is -0.484 e. The van der Waals surface area contributed by atoms with E-state index in [0.717, 1.165) is 22.0 Å². The Hall–Kier alpha value is -3.12. The highest BCUT2D eigenvalue weighted by Crippen LogP contribution is 2.21. The normalized spacial score (nSPS) is 12.6. The van der Waals surface area contributed by atoms with Crippen molar-refractivity contribution in [2.24, 2.45) is 0 Å². The first-order valence-electron chi connectivity index (χ1n) is 12.9. The zero-order valence-corrected chi connectivity index (χ0v) is 23.7. The maximum atomic E-state index is 13.7. The van der Waals surface area contributed by atoms with Crippen molar-refractivity contribution in [1.29, 1.82) is 0 Å². The molecule has 1 N–H and O–H groups in total. The monoisotopic (exact) mass is 564 g/mol. The molecule has 0 saturated carbocycles. The third kappa shape index (κ3) is 8.74. The Bertz CT molecular complexity index is 1150. The molecule has 2 atom stereocenters. The van der Waals surface area contributed by atoms with Gasteiger partial charge in [0.1, 0.15) is 11.8 Å². The predicted octanol–water partition coefficient (Wildman–Crippen LogP) is 6.51. The van der Waals surface area contributed by atoms with Gasteiger partial charge in [-0.25, -0.2) is 0 Å². The van der Waals surface area contributed by atoms with Crippen molar-refractivity contribution in [1.82, 2.24) is 10.2 Å². The molecule has 0 radical (unpaired) electrons.